The van der Waals surface area contributed by atoms with Crippen LogP contribution in [-0.4, -0.2) is 19.7 Å². The van der Waals surface area contributed by atoms with Crippen molar-refractivity contribution in [2.75, 3.05) is 0 Å². The molecule has 0 saturated carbocycles. The van der Waals surface area contributed by atoms with E-state index in [0.29, 0.717) is 22.9 Å². The van der Waals surface area contributed by atoms with Crippen molar-refractivity contribution >= 4 is 22.1 Å². The molecule has 0 aliphatic heterocycles. The predicted molar refractivity (Wildman–Crippen MR) is 92.5 cm³/mol. The third-order valence-corrected chi connectivity index (χ3v) is 4.66. The van der Waals surface area contributed by atoms with Crippen LogP contribution in [0.4, 0.5) is 4.39 Å². The standard InChI is InChI=1S/C17H13FN4OS/c1-2-22-15(9-14(21-22)17-20-5-6-24-17)10-7-12-11(13(18)8-10)3-4-19-16(12)23/h3-9H,2H2,1H3,(H,19,23). The Balaban J connectivity index is 1.94. The third-order valence-electron chi connectivity index (χ3n) is 3.87. The molecular weight excluding hydrogens is 327 g/mol. The first-order chi connectivity index (χ1) is 11.7. The number of aromatic nitrogens is 4. The lowest BCUT2D eigenvalue weighted by atomic mass is 10.1. The fourth-order valence-corrected chi connectivity index (χ4v) is 3.34. The maximum Gasteiger partial charge on any atom is 0.255 e. The van der Waals surface area contributed by atoms with Gasteiger partial charge in [-0.05, 0) is 31.2 Å². The summed E-state index contributed by atoms with van der Waals surface area (Å²) in [7, 11) is 0. The highest BCUT2D eigenvalue weighted by molar-refractivity contribution is 7.13. The zero-order chi connectivity index (χ0) is 16.7. The number of benzene rings is 1. The first kappa shape index (κ1) is 14.8. The summed E-state index contributed by atoms with van der Waals surface area (Å²) in [4.78, 5) is 18.9. The van der Waals surface area contributed by atoms with Crippen molar-refractivity contribution in [1.82, 2.24) is 19.7 Å². The van der Waals surface area contributed by atoms with E-state index in [1.54, 1.807) is 23.0 Å². The number of nitrogens with zero attached hydrogens (tertiary/aromatic N) is 3. The second-order valence-corrected chi connectivity index (χ2v) is 6.19. The van der Waals surface area contributed by atoms with E-state index in [0.717, 1.165) is 16.4 Å². The Morgan fingerprint density at radius 3 is 2.92 bits per heavy atom. The molecule has 0 bridgehead atoms. The van der Waals surface area contributed by atoms with Gasteiger partial charge in [-0.1, -0.05) is 0 Å². The molecular formula is C17H13FN4OS. The van der Waals surface area contributed by atoms with E-state index in [2.05, 4.69) is 15.1 Å². The van der Waals surface area contributed by atoms with Crippen molar-refractivity contribution in [2.45, 2.75) is 13.5 Å². The molecule has 3 aromatic heterocycles. The molecule has 1 aromatic carbocycles. The van der Waals surface area contributed by atoms with Gasteiger partial charge in [0.05, 0.1) is 11.1 Å². The van der Waals surface area contributed by atoms with Crippen LogP contribution >= 0.6 is 11.3 Å². The van der Waals surface area contributed by atoms with Crippen LogP contribution in [0.2, 0.25) is 0 Å². The van der Waals surface area contributed by atoms with Gasteiger partial charge in [0.15, 0.2) is 0 Å². The monoisotopic (exact) mass is 340 g/mol. The zero-order valence-electron chi connectivity index (χ0n) is 12.8. The summed E-state index contributed by atoms with van der Waals surface area (Å²) in [5.41, 5.74) is 1.81. The summed E-state index contributed by atoms with van der Waals surface area (Å²) >= 11 is 1.50. The number of halogens is 1. The summed E-state index contributed by atoms with van der Waals surface area (Å²) in [5.74, 6) is -0.423. The van der Waals surface area contributed by atoms with E-state index in [1.807, 2.05) is 18.4 Å². The van der Waals surface area contributed by atoms with Crippen molar-refractivity contribution in [3.8, 4) is 22.0 Å². The molecule has 0 spiro atoms. The van der Waals surface area contributed by atoms with Crippen LogP contribution in [0.25, 0.3) is 32.7 Å². The summed E-state index contributed by atoms with van der Waals surface area (Å²) in [5, 5.41) is 7.86. The molecule has 7 heteroatoms. The van der Waals surface area contributed by atoms with Gasteiger partial charge in [-0.15, -0.1) is 11.3 Å². The van der Waals surface area contributed by atoms with Gasteiger partial charge in [-0.2, -0.15) is 5.10 Å². The number of fused-ring (bicyclic) bond motifs is 1. The highest BCUT2D eigenvalue weighted by Gasteiger charge is 2.15. The fourth-order valence-electron chi connectivity index (χ4n) is 2.75. The maximum atomic E-state index is 14.4. The van der Waals surface area contributed by atoms with Crippen LogP contribution in [0.5, 0.6) is 0 Å². The van der Waals surface area contributed by atoms with Crippen LogP contribution in [0.1, 0.15) is 6.92 Å². The topological polar surface area (TPSA) is 63.6 Å². The number of nitrogens with one attached hydrogen (secondary N) is 1. The largest absolute Gasteiger partial charge is 0.329 e. The van der Waals surface area contributed by atoms with E-state index in [9.17, 15) is 9.18 Å². The van der Waals surface area contributed by atoms with Crippen molar-refractivity contribution in [1.29, 1.82) is 0 Å². The molecule has 0 aliphatic carbocycles. The lowest BCUT2D eigenvalue weighted by Gasteiger charge is -2.07. The zero-order valence-corrected chi connectivity index (χ0v) is 13.6. The smallest absolute Gasteiger partial charge is 0.255 e. The third kappa shape index (κ3) is 2.33. The number of hydrogen-bond donors (Lipinski definition) is 1. The molecule has 4 aromatic rings. The summed E-state index contributed by atoms with van der Waals surface area (Å²) < 4.78 is 16.2. The number of aryl methyl sites for hydroxylation is 1. The van der Waals surface area contributed by atoms with Crippen LogP contribution in [0.3, 0.4) is 0 Å². The van der Waals surface area contributed by atoms with E-state index in [1.165, 1.54) is 23.6 Å². The van der Waals surface area contributed by atoms with E-state index in [-0.39, 0.29) is 5.56 Å². The van der Waals surface area contributed by atoms with Gasteiger partial charge >= 0.3 is 0 Å². The van der Waals surface area contributed by atoms with E-state index >= 15 is 0 Å². The van der Waals surface area contributed by atoms with Crippen molar-refractivity contribution in [3.05, 3.63) is 58.2 Å². The van der Waals surface area contributed by atoms with E-state index < -0.39 is 5.82 Å². The summed E-state index contributed by atoms with van der Waals surface area (Å²) in [6.07, 6.45) is 3.17. The van der Waals surface area contributed by atoms with Gasteiger partial charge < -0.3 is 4.98 Å². The molecule has 24 heavy (non-hydrogen) atoms. The average molecular weight is 340 g/mol. The van der Waals surface area contributed by atoms with Crippen LogP contribution in [-0.2, 0) is 6.54 Å². The van der Waals surface area contributed by atoms with Crippen molar-refractivity contribution in [3.63, 3.8) is 0 Å². The molecule has 4 rings (SSSR count). The summed E-state index contributed by atoms with van der Waals surface area (Å²) in [6, 6.07) is 6.58. The fraction of sp³-hybridized carbons (Fsp3) is 0.118. The number of thiazole rings is 1. The van der Waals surface area contributed by atoms with Crippen molar-refractivity contribution < 1.29 is 4.39 Å². The molecule has 0 fully saturated rings. The minimum absolute atomic E-state index is 0.309. The Bertz CT molecular complexity index is 1080. The Hall–Kier alpha value is -2.80. The molecule has 1 N–H and O–H groups in total. The van der Waals surface area contributed by atoms with Crippen molar-refractivity contribution in [2.24, 2.45) is 0 Å². The van der Waals surface area contributed by atoms with Gasteiger partial charge in [-0.3, -0.25) is 9.48 Å². The normalized spacial score (nSPS) is 11.2. The van der Waals surface area contributed by atoms with Crippen LogP contribution in [0, 0.1) is 5.82 Å². The molecule has 120 valence electrons. The van der Waals surface area contributed by atoms with Gasteiger partial charge in [0.25, 0.3) is 5.56 Å². The molecule has 5 nitrogen and oxygen atoms in total. The lowest BCUT2D eigenvalue weighted by Crippen LogP contribution is -2.06. The Morgan fingerprint density at radius 2 is 2.17 bits per heavy atom. The molecule has 0 aliphatic rings. The molecule has 0 radical (unpaired) electrons. The molecule has 0 saturated heterocycles. The highest BCUT2D eigenvalue weighted by atomic mass is 32.1. The van der Waals surface area contributed by atoms with E-state index in [4.69, 9.17) is 0 Å². The minimum Gasteiger partial charge on any atom is -0.329 e. The van der Waals surface area contributed by atoms with Gasteiger partial charge in [-0.25, -0.2) is 9.37 Å². The first-order valence-electron chi connectivity index (χ1n) is 7.46. The number of H-pyrrole nitrogens is 1. The average Bonchev–Trinajstić information content (AvgIpc) is 3.24. The summed E-state index contributed by atoms with van der Waals surface area (Å²) in [6.45, 7) is 2.60. The number of aromatic amines is 1. The highest BCUT2D eigenvalue weighted by Crippen LogP contribution is 2.29. The number of hydrogen-bond acceptors (Lipinski definition) is 4. The Morgan fingerprint density at radius 1 is 1.29 bits per heavy atom. The Labute approximate surface area is 140 Å². The number of pyridine rings is 1. The second kappa shape index (κ2) is 5.68. The van der Waals surface area contributed by atoms with Gasteiger partial charge in [0, 0.05) is 35.3 Å². The molecule has 0 amide bonds. The minimum atomic E-state index is -0.423. The quantitative estimate of drug-likeness (QED) is 0.619. The second-order valence-electron chi connectivity index (χ2n) is 5.29. The molecule has 0 atom stereocenters. The lowest BCUT2D eigenvalue weighted by molar-refractivity contribution is 0.638. The first-order valence-corrected chi connectivity index (χ1v) is 8.34. The van der Waals surface area contributed by atoms with Gasteiger partial charge in [0.2, 0.25) is 0 Å². The molecule has 3 heterocycles. The number of rotatable bonds is 3. The predicted octanol–water partition coefficient (Wildman–Crippen LogP) is 3.67. The van der Waals surface area contributed by atoms with Crippen LogP contribution in [0.15, 0.2) is 46.8 Å². The maximum absolute atomic E-state index is 14.4. The Kier molecular flexibility index (Phi) is 3.50. The van der Waals surface area contributed by atoms with Gasteiger partial charge in [0.1, 0.15) is 16.5 Å². The SMILES string of the molecule is CCn1nc(-c2nccs2)cc1-c1cc(F)c2cc[nH]c(=O)c2c1. The molecule has 0 unspecified atom stereocenters. The van der Waals surface area contributed by atoms with Crippen LogP contribution < -0.4 is 5.56 Å².